The Morgan fingerprint density at radius 2 is 1.41 bits per heavy atom. The Bertz CT molecular complexity index is 1400. The molecule has 6 nitrogen and oxygen atoms in total. The Hall–Kier alpha value is -4.66. The highest BCUT2D eigenvalue weighted by molar-refractivity contribution is 5.96. The average Bonchev–Trinajstić information content (AvgIpc) is 2.95. The van der Waals surface area contributed by atoms with Crippen molar-refractivity contribution in [1.29, 1.82) is 0 Å². The summed E-state index contributed by atoms with van der Waals surface area (Å²) in [4.78, 5) is 37.3. The normalized spacial score (nSPS) is 17.6. The predicted molar refractivity (Wildman–Crippen MR) is 140 cm³/mol. The maximum absolute atomic E-state index is 14.2. The van der Waals surface area contributed by atoms with Crippen molar-refractivity contribution in [3.8, 4) is 11.1 Å². The average molecular weight is 535 g/mol. The quantitative estimate of drug-likeness (QED) is 0.368. The molecule has 1 aliphatic carbocycles. The molecule has 200 valence electrons. The van der Waals surface area contributed by atoms with Crippen LogP contribution in [-0.4, -0.2) is 41.7 Å². The molecule has 3 N–H and O–H groups in total. The van der Waals surface area contributed by atoms with Crippen LogP contribution in [0.1, 0.15) is 22.3 Å². The Labute approximate surface area is 222 Å². The first kappa shape index (κ1) is 27.4. The number of alkyl halides is 3. The smallest absolute Gasteiger partial charge is 0.406 e. The van der Waals surface area contributed by atoms with Crippen LogP contribution in [0.5, 0.6) is 0 Å². The number of rotatable bonds is 8. The lowest BCUT2D eigenvalue weighted by Gasteiger charge is -2.34. The molecule has 0 saturated carbocycles. The zero-order valence-corrected chi connectivity index (χ0v) is 20.6. The van der Waals surface area contributed by atoms with E-state index in [4.69, 9.17) is 0 Å². The molecule has 0 spiro atoms. The molecule has 2 amide bonds. The Balaban J connectivity index is 1.43. The van der Waals surface area contributed by atoms with Crippen LogP contribution < -0.4 is 10.6 Å². The first-order valence-electron chi connectivity index (χ1n) is 12.1. The Morgan fingerprint density at radius 1 is 0.846 bits per heavy atom. The molecule has 0 aliphatic heterocycles. The van der Waals surface area contributed by atoms with Crippen LogP contribution in [0.4, 0.5) is 13.2 Å². The number of hydrogen-bond donors (Lipinski definition) is 3. The van der Waals surface area contributed by atoms with E-state index in [1.54, 1.807) is 54.6 Å². The fourth-order valence-corrected chi connectivity index (χ4v) is 4.22. The van der Waals surface area contributed by atoms with Crippen molar-refractivity contribution in [2.45, 2.75) is 18.6 Å². The van der Waals surface area contributed by atoms with Crippen molar-refractivity contribution in [1.82, 2.24) is 10.6 Å². The highest BCUT2D eigenvalue weighted by Crippen LogP contribution is 2.46. The number of carbonyl (C=O) groups is 3. The second-order valence-electron chi connectivity index (χ2n) is 9.05. The summed E-state index contributed by atoms with van der Waals surface area (Å²) < 4.78 is 42.5. The van der Waals surface area contributed by atoms with Gasteiger partial charge in [-0.25, -0.2) is 4.79 Å². The molecule has 0 aromatic heterocycles. The number of carbonyl (C=O) groups excluding carboxylic acids is 2. The fraction of sp³-hybridized carbons (Fsp3) is 0.167. The van der Waals surface area contributed by atoms with E-state index < -0.39 is 48.4 Å². The second-order valence-corrected chi connectivity index (χ2v) is 9.05. The number of hydrogen-bond acceptors (Lipinski definition) is 3. The first-order valence-corrected chi connectivity index (χ1v) is 12.1. The third-order valence-corrected chi connectivity index (χ3v) is 6.53. The molecule has 39 heavy (non-hydrogen) atoms. The van der Waals surface area contributed by atoms with Gasteiger partial charge in [0.15, 0.2) is 5.41 Å². The number of carboxylic acids is 1. The summed E-state index contributed by atoms with van der Waals surface area (Å²) in [5, 5.41) is 13.9. The Morgan fingerprint density at radius 3 is 1.92 bits per heavy atom. The number of carboxylic acid groups (broad SMARTS) is 1. The van der Waals surface area contributed by atoms with Gasteiger partial charge < -0.3 is 15.7 Å². The van der Waals surface area contributed by atoms with E-state index in [1.807, 2.05) is 35.6 Å². The molecule has 0 saturated heterocycles. The standard InChI is InChI=1S/C30H25F3N2O4/c31-30(32,33)29(17-15-23(16-18-29)21-9-5-2-6-10-21)28(39)35-25(27(37)38)19-34-26(36)24-13-11-22(12-14-24)20-7-3-1-4-8-20/h1-17,25H,18-19H2,(H,34,36)(H,35,39)(H,37,38). The van der Waals surface area contributed by atoms with E-state index in [1.165, 1.54) is 12.2 Å². The lowest BCUT2D eigenvalue weighted by atomic mass is 9.77. The van der Waals surface area contributed by atoms with Gasteiger partial charge in [0.1, 0.15) is 6.04 Å². The SMILES string of the molecule is O=C(NCC(NC(=O)C1(C(F)(F)F)C=CC(c2ccccc2)=CC1)C(=O)O)c1ccc(-c2ccccc2)cc1. The van der Waals surface area contributed by atoms with Crippen LogP contribution >= 0.6 is 0 Å². The predicted octanol–water partition coefficient (Wildman–Crippen LogP) is 5.25. The van der Waals surface area contributed by atoms with E-state index in [9.17, 15) is 32.7 Å². The molecular formula is C30H25F3N2O4. The number of amides is 2. The molecule has 0 radical (unpaired) electrons. The van der Waals surface area contributed by atoms with Crippen molar-refractivity contribution in [3.63, 3.8) is 0 Å². The van der Waals surface area contributed by atoms with Crippen LogP contribution in [0.25, 0.3) is 16.7 Å². The van der Waals surface area contributed by atoms with E-state index in [0.717, 1.165) is 17.2 Å². The van der Waals surface area contributed by atoms with Crippen molar-refractivity contribution < 1.29 is 32.7 Å². The van der Waals surface area contributed by atoms with Crippen LogP contribution in [0.15, 0.2) is 103 Å². The largest absolute Gasteiger partial charge is 0.480 e. The number of halogens is 3. The molecule has 3 aromatic carbocycles. The third-order valence-electron chi connectivity index (χ3n) is 6.53. The summed E-state index contributed by atoms with van der Waals surface area (Å²) in [6, 6.07) is 22.9. The number of allylic oxidation sites excluding steroid dienone is 3. The number of aliphatic carboxylic acids is 1. The van der Waals surface area contributed by atoms with Gasteiger partial charge in [0, 0.05) is 12.1 Å². The molecule has 2 unspecified atom stereocenters. The van der Waals surface area contributed by atoms with Gasteiger partial charge in [-0.15, -0.1) is 0 Å². The van der Waals surface area contributed by atoms with Crippen molar-refractivity contribution in [2.75, 3.05) is 6.54 Å². The monoisotopic (exact) mass is 534 g/mol. The van der Waals surface area contributed by atoms with Crippen LogP contribution in [0.3, 0.4) is 0 Å². The Kier molecular flexibility index (Phi) is 7.99. The number of benzene rings is 3. The molecule has 0 heterocycles. The maximum Gasteiger partial charge on any atom is 0.406 e. The highest BCUT2D eigenvalue weighted by Gasteiger charge is 2.59. The van der Waals surface area contributed by atoms with Gasteiger partial charge in [-0.3, -0.25) is 9.59 Å². The topological polar surface area (TPSA) is 95.5 Å². The molecule has 1 aliphatic rings. The van der Waals surface area contributed by atoms with Gasteiger partial charge in [-0.05, 0) is 40.8 Å². The summed E-state index contributed by atoms with van der Waals surface area (Å²) in [6.07, 6.45) is -2.41. The molecule has 4 rings (SSSR count). The van der Waals surface area contributed by atoms with Crippen LogP contribution in [0, 0.1) is 5.41 Å². The molecule has 0 fully saturated rings. The van der Waals surface area contributed by atoms with Gasteiger partial charge in [0.25, 0.3) is 5.91 Å². The zero-order chi connectivity index (χ0) is 28.0. The number of nitrogens with one attached hydrogen (secondary N) is 2. The summed E-state index contributed by atoms with van der Waals surface area (Å²) >= 11 is 0. The molecule has 9 heteroatoms. The molecule has 3 aromatic rings. The maximum atomic E-state index is 14.2. The lowest BCUT2D eigenvalue weighted by Crippen LogP contribution is -2.56. The molecule has 2 atom stereocenters. The van der Waals surface area contributed by atoms with E-state index in [2.05, 4.69) is 5.32 Å². The highest BCUT2D eigenvalue weighted by atomic mass is 19.4. The van der Waals surface area contributed by atoms with Crippen LogP contribution in [-0.2, 0) is 9.59 Å². The minimum Gasteiger partial charge on any atom is -0.480 e. The summed E-state index contributed by atoms with van der Waals surface area (Å²) in [5.41, 5.74) is 0.294. The van der Waals surface area contributed by atoms with Gasteiger partial charge in [-0.1, -0.05) is 91.0 Å². The second kappa shape index (κ2) is 11.4. The summed E-state index contributed by atoms with van der Waals surface area (Å²) in [5.74, 6) is -3.72. The van der Waals surface area contributed by atoms with Gasteiger partial charge >= 0.3 is 12.1 Å². The van der Waals surface area contributed by atoms with Crippen LogP contribution in [0.2, 0.25) is 0 Å². The van der Waals surface area contributed by atoms with Crippen molar-refractivity contribution >= 4 is 23.4 Å². The van der Waals surface area contributed by atoms with Crippen molar-refractivity contribution in [3.05, 3.63) is 114 Å². The first-order chi connectivity index (χ1) is 18.6. The summed E-state index contributed by atoms with van der Waals surface area (Å²) in [7, 11) is 0. The van der Waals surface area contributed by atoms with E-state index in [-0.39, 0.29) is 5.56 Å². The minimum absolute atomic E-state index is 0.228. The summed E-state index contributed by atoms with van der Waals surface area (Å²) in [6.45, 7) is -0.608. The minimum atomic E-state index is -4.99. The van der Waals surface area contributed by atoms with E-state index >= 15 is 0 Å². The lowest BCUT2D eigenvalue weighted by molar-refractivity contribution is -0.207. The zero-order valence-electron chi connectivity index (χ0n) is 20.6. The van der Waals surface area contributed by atoms with E-state index in [0.29, 0.717) is 11.1 Å². The third kappa shape index (κ3) is 6.09. The van der Waals surface area contributed by atoms with Gasteiger partial charge in [-0.2, -0.15) is 13.2 Å². The molecule has 0 bridgehead atoms. The van der Waals surface area contributed by atoms with Crippen molar-refractivity contribution in [2.24, 2.45) is 5.41 Å². The molecular weight excluding hydrogens is 509 g/mol. The van der Waals surface area contributed by atoms with Gasteiger partial charge in [0.05, 0.1) is 0 Å². The van der Waals surface area contributed by atoms with Gasteiger partial charge in [0.2, 0.25) is 5.91 Å². The fourth-order valence-electron chi connectivity index (χ4n) is 4.22.